The van der Waals surface area contributed by atoms with E-state index in [4.69, 9.17) is 0 Å². The second-order valence-corrected chi connectivity index (χ2v) is 9.49. The van der Waals surface area contributed by atoms with Crippen LogP contribution in [0.5, 0.6) is 5.75 Å². The normalized spacial score (nSPS) is 19.8. The van der Waals surface area contributed by atoms with Crippen LogP contribution < -0.4 is 4.74 Å². The fraction of sp³-hybridized carbons (Fsp3) is 0.500. The average Bonchev–Trinajstić information content (AvgIpc) is 2.82. The molecule has 1 saturated carbocycles. The highest BCUT2D eigenvalue weighted by Crippen LogP contribution is 2.41. The Labute approximate surface area is 202 Å². The summed E-state index contributed by atoms with van der Waals surface area (Å²) in [6.07, 6.45) is -1.35. The number of amides is 1. The van der Waals surface area contributed by atoms with Crippen molar-refractivity contribution in [2.45, 2.75) is 50.0 Å². The number of carboxylic acid groups (broad SMARTS) is 1. The van der Waals surface area contributed by atoms with Crippen molar-refractivity contribution < 1.29 is 32.9 Å². The van der Waals surface area contributed by atoms with E-state index < -0.39 is 18.1 Å². The monoisotopic (exact) mass is 492 g/mol. The molecule has 2 fully saturated rings. The SMILES string of the molecule is O=C(O)N1CCN(CC(c2cccc(-c3cccc(OC(F)(F)F)c3)c2)C2(O)CCCCC2)CC1. The van der Waals surface area contributed by atoms with Crippen LogP contribution in [0, 0.1) is 0 Å². The van der Waals surface area contributed by atoms with Gasteiger partial charge in [0.25, 0.3) is 0 Å². The smallest absolute Gasteiger partial charge is 0.465 e. The van der Waals surface area contributed by atoms with Crippen molar-refractivity contribution in [3.8, 4) is 16.9 Å². The van der Waals surface area contributed by atoms with Crippen LogP contribution in [-0.4, -0.2) is 70.8 Å². The zero-order valence-corrected chi connectivity index (χ0v) is 19.5. The highest BCUT2D eigenvalue weighted by Gasteiger charge is 2.40. The van der Waals surface area contributed by atoms with E-state index in [1.165, 1.54) is 23.1 Å². The summed E-state index contributed by atoms with van der Waals surface area (Å²) >= 11 is 0. The molecule has 9 heteroatoms. The molecule has 0 aromatic heterocycles. The number of rotatable bonds is 6. The number of piperazine rings is 1. The first-order valence-corrected chi connectivity index (χ1v) is 12.0. The first-order valence-electron chi connectivity index (χ1n) is 12.0. The van der Waals surface area contributed by atoms with Crippen LogP contribution in [0.15, 0.2) is 48.5 Å². The molecule has 1 aliphatic heterocycles. The maximum atomic E-state index is 12.7. The fourth-order valence-electron chi connectivity index (χ4n) is 5.29. The molecule has 2 N–H and O–H groups in total. The van der Waals surface area contributed by atoms with Crippen LogP contribution in [0.1, 0.15) is 43.6 Å². The summed E-state index contributed by atoms with van der Waals surface area (Å²) in [6, 6.07) is 13.5. The van der Waals surface area contributed by atoms with Gasteiger partial charge in [0.2, 0.25) is 0 Å². The van der Waals surface area contributed by atoms with Gasteiger partial charge in [-0.1, -0.05) is 55.7 Å². The molecule has 4 rings (SSSR count). The molecule has 1 aliphatic carbocycles. The largest absolute Gasteiger partial charge is 0.573 e. The van der Waals surface area contributed by atoms with Crippen molar-refractivity contribution >= 4 is 6.09 Å². The summed E-state index contributed by atoms with van der Waals surface area (Å²) < 4.78 is 42.2. The molecular formula is C26H31F3N2O4. The van der Waals surface area contributed by atoms with Crippen molar-refractivity contribution in [2.24, 2.45) is 0 Å². The van der Waals surface area contributed by atoms with Gasteiger partial charge in [0.15, 0.2) is 0 Å². The third kappa shape index (κ3) is 6.46. The number of carbonyl (C=O) groups is 1. The molecule has 2 aromatic rings. The predicted molar refractivity (Wildman–Crippen MR) is 125 cm³/mol. The molecular weight excluding hydrogens is 461 g/mol. The third-order valence-electron chi connectivity index (χ3n) is 7.14. The second-order valence-electron chi connectivity index (χ2n) is 9.49. The Bertz CT molecular complexity index is 1020. The molecule has 2 aliphatic rings. The summed E-state index contributed by atoms with van der Waals surface area (Å²) in [6.45, 7) is 2.62. The van der Waals surface area contributed by atoms with E-state index in [0.717, 1.165) is 30.4 Å². The molecule has 1 heterocycles. The van der Waals surface area contributed by atoms with E-state index in [1.54, 1.807) is 6.07 Å². The summed E-state index contributed by atoms with van der Waals surface area (Å²) in [5.41, 5.74) is 1.38. The Hall–Kier alpha value is -2.78. The number of hydrogen-bond donors (Lipinski definition) is 2. The van der Waals surface area contributed by atoms with Gasteiger partial charge in [-0.05, 0) is 41.7 Å². The van der Waals surface area contributed by atoms with E-state index in [9.17, 15) is 28.2 Å². The zero-order chi connectivity index (χ0) is 25.1. The van der Waals surface area contributed by atoms with Gasteiger partial charge >= 0.3 is 12.5 Å². The Morgan fingerprint density at radius 3 is 2.23 bits per heavy atom. The lowest BCUT2D eigenvalue weighted by atomic mass is 9.72. The average molecular weight is 493 g/mol. The van der Waals surface area contributed by atoms with Crippen LogP contribution >= 0.6 is 0 Å². The standard InChI is InChI=1S/C26H31F3N2O4/c27-26(28,29)35-22-9-5-7-20(17-22)19-6-4-8-21(16-19)23(25(34)10-2-1-3-11-25)18-30-12-14-31(15-13-30)24(32)33/h4-9,16-17,23,34H,1-3,10-15,18H2,(H,32,33). The number of nitrogens with zero attached hydrogens (tertiary/aromatic N) is 2. The first kappa shape index (κ1) is 25.3. The molecule has 0 spiro atoms. The molecule has 1 saturated heterocycles. The van der Waals surface area contributed by atoms with Crippen LogP contribution in [0.3, 0.4) is 0 Å². The molecule has 1 unspecified atom stereocenters. The number of alkyl halides is 3. The number of halogens is 3. The van der Waals surface area contributed by atoms with E-state index in [-0.39, 0.29) is 11.7 Å². The highest BCUT2D eigenvalue weighted by molar-refractivity contribution is 5.66. The molecule has 2 aromatic carbocycles. The molecule has 0 bridgehead atoms. The predicted octanol–water partition coefficient (Wildman–Crippen LogP) is 5.33. The number of ether oxygens (including phenoxy) is 1. The summed E-state index contributed by atoms with van der Waals surface area (Å²) in [5, 5.41) is 21.0. The molecule has 1 atom stereocenters. The van der Waals surface area contributed by atoms with Gasteiger partial charge < -0.3 is 19.8 Å². The van der Waals surface area contributed by atoms with Gasteiger partial charge in [0, 0.05) is 38.6 Å². The summed E-state index contributed by atoms with van der Waals surface area (Å²) in [7, 11) is 0. The Morgan fingerprint density at radius 1 is 0.971 bits per heavy atom. The Morgan fingerprint density at radius 2 is 1.60 bits per heavy atom. The van der Waals surface area contributed by atoms with Crippen molar-refractivity contribution in [3.05, 3.63) is 54.1 Å². The van der Waals surface area contributed by atoms with E-state index in [0.29, 0.717) is 51.1 Å². The number of benzene rings is 2. The Kier molecular flexibility index (Phi) is 7.56. The maximum absolute atomic E-state index is 12.7. The van der Waals surface area contributed by atoms with Crippen LogP contribution in [0.2, 0.25) is 0 Å². The third-order valence-corrected chi connectivity index (χ3v) is 7.14. The van der Waals surface area contributed by atoms with E-state index >= 15 is 0 Å². The summed E-state index contributed by atoms with van der Waals surface area (Å²) in [5.74, 6) is -0.479. The molecule has 1 amide bonds. The fourth-order valence-corrected chi connectivity index (χ4v) is 5.29. The van der Waals surface area contributed by atoms with Crippen LogP contribution in [0.25, 0.3) is 11.1 Å². The van der Waals surface area contributed by atoms with Crippen molar-refractivity contribution in [3.63, 3.8) is 0 Å². The van der Waals surface area contributed by atoms with Gasteiger partial charge in [0.1, 0.15) is 5.75 Å². The molecule has 6 nitrogen and oxygen atoms in total. The topological polar surface area (TPSA) is 73.2 Å². The molecule has 190 valence electrons. The van der Waals surface area contributed by atoms with Gasteiger partial charge in [0.05, 0.1) is 5.60 Å². The minimum atomic E-state index is -4.76. The van der Waals surface area contributed by atoms with Gasteiger partial charge in [-0.15, -0.1) is 13.2 Å². The van der Waals surface area contributed by atoms with Crippen molar-refractivity contribution in [2.75, 3.05) is 32.7 Å². The number of hydrogen-bond acceptors (Lipinski definition) is 4. The van der Waals surface area contributed by atoms with E-state index in [2.05, 4.69) is 9.64 Å². The maximum Gasteiger partial charge on any atom is 0.573 e. The molecule has 0 radical (unpaired) electrons. The number of aliphatic hydroxyl groups is 1. The minimum absolute atomic E-state index is 0.200. The summed E-state index contributed by atoms with van der Waals surface area (Å²) in [4.78, 5) is 14.9. The van der Waals surface area contributed by atoms with Gasteiger partial charge in [-0.3, -0.25) is 4.90 Å². The molecule has 35 heavy (non-hydrogen) atoms. The van der Waals surface area contributed by atoms with E-state index in [1.807, 2.05) is 24.3 Å². The van der Waals surface area contributed by atoms with Gasteiger partial charge in [-0.2, -0.15) is 0 Å². The Balaban J connectivity index is 1.60. The zero-order valence-electron chi connectivity index (χ0n) is 19.5. The lowest BCUT2D eigenvalue weighted by molar-refractivity contribution is -0.274. The lowest BCUT2D eigenvalue weighted by Gasteiger charge is -2.43. The quantitative estimate of drug-likeness (QED) is 0.571. The van der Waals surface area contributed by atoms with Crippen molar-refractivity contribution in [1.82, 2.24) is 9.80 Å². The van der Waals surface area contributed by atoms with Gasteiger partial charge in [-0.25, -0.2) is 4.79 Å². The minimum Gasteiger partial charge on any atom is -0.465 e. The van der Waals surface area contributed by atoms with Crippen molar-refractivity contribution in [1.29, 1.82) is 0 Å². The second kappa shape index (κ2) is 10.5. The first-order chi connectivity index (χ1) is 16.6. The van der Waals surface area contributed by atoms with Crippen LogP contribution in [-0.2, 0) is 0 Å². The van der Waals surface area contributed by atoms with Crippen LogP contribution in [0.4, 0.5) is 18.0 Å². The lowest BCUT2D eigenvalue weighted by Crippen LogP contribution is -2.51. The highest BCUT2D eigenvalue weighted by atomic mass is 19.4.